The van der Waals surface area contributed by atoms with Gasteiger partial charge in [0.15, 0.2) is 0 Å². The van der Waals surface area contributed by atoms with E-state index < -0.39 is 22.5 Å². The van der Waals surface area contributed by atoms with Gasteiger partial charge in [-0.25, -0.2) is 13.8 Å². The lowest BCUT2D eigenvalue weighted by Crippen LogP contribution is -2.39. The van der Waals surface area contributed by atoms with Crippen molar-refractivity contribution in [2.24, 2.45) is 5.10 Å². The summed E-state index contributed by atoms with van der Waals surface area (Å²) in [5, 5.41) is 4.20. The number of pyridine rings is 1. The van der Waals surface area contributed by atoms with Crippen molar-refractivity contribution in [3.63, 3.8) is 0 Å². The van der Waals surface area contributed by atoms with Crippen LogP contribution in [-0.4, -0.2) is 39.2 Å². The molecule has 0 saturated heterocycles. The Hall–Kier alpha value is -3.43. The second-order valence-corrected chi connectivity index (χ2v) is 8.54. The fourth-order valence-corrected chi connectivity index (χ4v) is 4.21. The quantitative estimate of drug-likeness (QED) is 0.413. The standard InChI is InChI=1S/C21H19ClN4O4S/c1-30-19-5-7-20(8-6-19)31(28,29)26(18-4-2-3-17(22)13-18)15-21(27)25-24-14-16-9-11-23-12-10-16/h2-14H,15H2,1H3,(H,25,27)/b24-14-. The molecule has 10 heteroatoms. The molecule has 0 aliphatic heterocycles. The smallest absolute Gasteiger partial charge is 0.264 e. The van der Waals surface area contributed by atoms with Crippen molar-refractivity contribution in [1.82, 2.24) is 10.4 Å². The highest BCUT2D eigenvalue weighted by molar-refractivity contribution is 7.92. The van der Waals surface area contributed by atoms with Crippen molar-refractivity contribution in [2.75, 3.05) is 18.0 Å². The van der Waals surface area contributed by atoms with E-state index in [1.165, 1.54) is 43.7 Å². The number of ether oxygens (including phenoxy) is 1. The summed E-state index contributed by atoms with van der Waals surface area (Å²) in [4.78, 5) is 16.4. The molecule has 31 heavy (non-hydrogen) atoms. The van der Waals surface area contributed by atoms with Crippen molar-refractivity contribution in [3.05, 3.63) is 83.6 Å². The van der Waals surface area contributed by atoms with Gasteiger partial charge >= 0.3 is 0 Å². The van der Waals surface area contributed by atoms with Gasteiger partial charge in [0.05, 0.1) is 23.9 Å². The Morgan fingerprint density at radius 3 is 2.52 bits per heavy atom. The summed E-state index contributed by atoms with van der Waals surface area (Å²) in [6.07, 6.45) is 4.61. The van der Waals surface area contributed by atoms with E-state index in [9.17, 15) is 13.2 Å². The van der Waals surface area contributed by atoms with Crippen LogP contribution in [0.25, 0.3) is 0 Å². The number of hydrogen-bond donors (Lipinski definition) is 1. The molecule has 1 heterocycles. The number of sulfonamides is 1. The number of nitrogens with zero attached hydrogens (tertiary/aromatic N) is 3. The summed E-state index contributed by atoms with van der Waals surface area (Å²) in [7, 11) is -2.59. The predicted octanol–water partition coefficient (Wildman–Crippen LogP) is 3.09. The number of methoxy groups -OCH3 is 1. The normalized spacial score (nSPS) is 11.3. The van der Waals surface area contributed by atoms with Crippen LogP contribution in [-0.2, 0) is 14.8 Å². The maximum Gasteiger partial charge on any atom is 0.264 e. The monoisotopic (exact) mass is 458 g/mol. The molecule has 2 aromatic carbocycles. The third kappa shape index (κ3) is 5.80. The van der Waals surface area contributed by atoms with Gasteiger partial charge in [0.25, 0.3) is 15.9 Å². The first kappa shape index (κ1) is 22.3. The molecule has 0 radical (unpaired) electrons. The Bertz CT molecular complexity index is 1170. The summed E-state index contributed by atoms with van der Waals surface area (Å²) in [6.45, 7) is -0.498. The van der Waals surface area contributed by atoms with Gasteiger partial charge < -0.3 is 4.74 Å². The van der Waals surface area contributed by atoms with Gasteiger partial charge in [-0.15, -0.1) is 0 Å². The third-order valence-electron chi connectivity index (χ3n) is 4.14. The zero-order valence-electron chi connectivity index (χ0n) is 16.5. The molecule has 1 amide bonds. The molecule has 0 aliphatic carbocycles. The van der Waals surface area contributed by atoms with Crippen LogP contribution in [0.5, 0.6) is 5.75 Å². The minimum absolute atomic E-state index is 0.00126. The van der Waals surface area contributed by atoms with Gasteiger partial charge in [-0.05, 0) is 60.2 Å². The summed E-state index contributed by atoms with van der Waals surface area (Å²) in [5.41, 5.74) is 3.32. The molecular weight excluding hydrogens is 440 g/mol. The van der Waals surface area contributed by atoms with E-state index in [4.69, 9.17) is 16.3 Å². The van der Waals surface area contributed by atoms with Gasteiger partial charge in [-0.3, -0.25) is 14.1 Å². The first-order valence-corrected chi connectivity index (χ1v) is 10.9. The van der Waals surface area contributed by atoms with Crippen LogP contribution in [0.1, 0.15) is 5.56 Å². The highest BCUT2D eigenvalue weighted by atomic mass is 35.5. The summed E-state index contributed by atoms with van der Waals surface area (Å²) < 4.78 is 32.6. The summed E-state index contributed by atoms with van der Waals surface area (Å²) >= 11 is 6.05. The molecule has 0 saturated carbocycles. The Morgan fingerprint density at radius 1 is 1.16 bits per heavy atom. The van der Waals surface area contributed by atoms with Crippen LogP contribution in [0, 0.1) is 0 Å². The van der Waals surface area contributed by atoms with Crippen LogP contribution < -0.4 is 14.5 Å². The van der Waals surface area contributed by atoms with Crippen LogP contribution >= 0.6 is 11.6 Å². The van der Waals surface area contributed by atoms with E-state index in [0.717, 1.165) is 9.87 Å². The number of nitrogens with one attached hydrogen (secondary N) is 1. The second kappa shape index (κ2) is 10.1. The van der Waals surface area contributed by atoms with E-state index in [2.05, 4.69) is 15.5 Å². The topological polar surface area (TPSA) is 101 Å². The largest absolute Gasteiger partial charge is 0.497 e. The predicted molar refractivity (Wildman–Crippen MR) is 119 cm³/mol. The third-order valence-corrected chi connectivity index (χ3v) is 6.16. The lowest BCUT2D eigenvalue weighted by atomic mass is 10.3. The number of hydrazone groups is 1. The molecule has 0 bridgehead atoms. The summed E-state index contributed by atoms with van der Waals surface area (Å²) in [6, 6.07) is 15.5. The number of amides is 1. The molecule has 0 spiro atoms. The SMILES string of the molecule is COc1ccc(S(=O)(=O)N(CC(=O)N/N=C\c2ccncc2)c2cccc(Cl)c2)cc1. The van der Waals surface area contributed by atoms with E-state index >= 15 is 0 Å². The number of hydrogen-bond acceptors (Lipinski definition) is 6. The fraction of sp³-hybridized carbons (Fsp3) is 0.0952. The molecule has 1 N–H and O–H groups in total. The van der Waals surface area contributed by atoms with Crippen molar-refractivity contribution in [3.8, 4) is 5.75 Å². The maximum atomic E-state index is 13.3. The number of carbonyl (C=O) groups excluding carboxylic acids is 1. The maximum absolute atomic E-state index is 13.3. The van der Waals surface area contributed by atoms with Crippen LogP contribution in [0.3, 0.4) is 0 Å². The molecule has 0 fully saturated rings. The number of benzene rings is 2. The van der Waals surface area contributed by atoms with Crippen LogP contribution in [0.15, 0.2) is 83.1 Å². The fourth-order valence-electron chi connectivity index (χ4n) is 2.62. The number of carbonyl (C=O) groups is 1. The van der Waals surface area contributed by atoms with Gasteiger partial charge in [0.1, 0.15) is 12.3 Å². The Labute approximate surface area is 185 Å². The molecule has 160 valence electrons. The molecule has 3 aromatic rings. The van der Waals surface area contributed by atoms with E-state index in [1.807, 2.05) is 0 Å². The zero-order chi connectivity index (χ0) is 22.3. The van der Waals surface area contributed by atoms with E-state index in [-0.39, 0.29) is 10.6 Å². The average molecular weight is 459 g/mol. The van der Waals surface area contributed by atoms with Gasteiger partial charge in [0.2, 0.25) is 0 Å². The first-order valence-electron chi connectivity index (χ1n) is 9.04. The second-order valence-electron chi connectivity index (χ2n) is 6.24. The van der Waals surface area contributed by atoms with Gasteiger partial charge in [-0.1, -0.05) is 17.7 Å². The van der Waals surface area contributed by atoms with E-state index in [1.54, 1.807) is 42.7 Å². The van der Waals surface area contributed by atoms with Crippen LogP contribution in [0.2, 0.25) is 5.02 Å². The lowest BCUT2D eigenvalue weighted by molar-refractivity contribution is -0.119. The highest BCUT2D eigenvalue weighted by Gasteiger charge is 2.27. The number of rotatable bonds is 8. The molecule has 1 aromatic heterocycles. The minimum atomic E-state index is -4.07. The van der Waals surface area contributed by atoms with Crippen molar-refractivity contribution in [1.29, 1.82) is 0 Å². The van der Waals surface area contributed by atoms with Gasteiger partial charge in [0, 0.05) is 17.4 Å². The molecule has 0 atom stereocenters. The zero-order valence-corrected chi connectivity index (χ0v) is 18.0. The number of anilines is 1. The lowest BCUT2D eigenvalue weighted by Gasteiger charge is -2.24. The number of halogens is 1. The average Bonchev–Trinajstić information content (AvgIpc) is 2.78. The van der Waals surface area contributed by atoms with Gasteiger partial charge in [-0.2, -0.15) is 5.10 Å². The van der Waals surface area contributed by atoms with Crippen LogP contribution in [0.4, 0.5) is 5.69 Å². The van der Waals surface area contributed by atoms with E-state index in [0.29, 0.717) is 10.8 Å². The minimum Gasteiger partial charge on any atom is -0.497 e. The molecular formula is C21H19ClN4O4S. The number of aromatic nitrogens is 1. The molecule has 8 nitrogen and oxygen atoms in total. The highest BCUT2D eigenvalue weighted by Crippen LogP contribution is 2.27. The molecule has 0 aliphatic rings. The Morgan fingerprint density at radius 2 is 1.87 bits per heavy atom. The molecule has 0 unspecified atom stereocenters. The first-order chi connectivity index (χ1) is 14.9. The molecule has 3 rings (SSSR count). The van der Waals surface area contributed by atoms with Crippen molar-refractivity contribution >= 4 is 39.4 Å². The van der Waals surface area contributed by atoms with Crippen molar-refractivity contribution in [2.45, 2.75) is 4.90 Å². The van der Waals surface area contributed by atoms with Crippen molar-refractivity contribution < 1.29 is 17.9 Å². The Balaban J connectivity index is 1.85. The Kier molecular flexibility index (Phi) is 7.22. The summed E-state index contributed by atoms with van der Waals surface area (Å²) in [5.74, 6) is -0.112.